The van der Waals surface area contributed by atoms with Gasteiger partial charge in [-0.2, -0.15) is 0 Å². The molecule has 0 unspecified atom stereocenters. The van der Waals surface area contributed by atoms with Gasteiger partial charge in [0.25, 0.3) is 0 Å². The van der Waals surface area contributed by atoms with Gasteiger partial charge < -0.3 is 20.7 Å². The van der Waals surface area contributed by atoms with Gasteiger partial charge in [0.15, 0.2) is 0 Å². The number of aliphatic carboxylic acids is 1. The fourth-order valence-electron chi connectivity index (χ4n) is 1.21. The summed E-state index contributed by atoms with van der Waals surface area (Å²) in [6.45, 7) is 0.00130. The van der Waals surface area contributed by atoms with Crippen molar-refractivity contribution in [2.24, 2.45) is 0 Å². The average molecular weight is 282 g/mol. The maximum atomic E-state index is 10.9. The van der Waals surface area contributed by atoms with E-state index < -0.39 is 21.0 Å². The van der Waals surface area contributed by atoms with E-state index in [1.807, 2.05) is 0 Å². The van der Waals surface area contributed by atoms with Gasteiger partial charge >= 0.3 is 35.5 Å². The van der Waals surface area contributed by atoms with E-state index >= 15 is 0 Å². The molecule has 0 aliphatic heterocycles. The molecule has 7 nitrogen and oxygen atoms in total. The summed E-state index contributed by atoms with van der Waals surface area (Å²) < 4.78 is 32.7. The third-order valence-corrected chi connectivity index (χ3v) is 2.82. The van der Waals surface area contributed by atoms with Crippen LogP contribution in [0.3, 0.4) is 0 Å². The minimum atomic E-state index is -4.62. The Morgan fingerprint density at radius 2 is 2.06 bits per heavy atom. The summed E-state index contributed by atoms with van der Waals surface area (Å²) in [5.74, 6) is -1.03. The second kappa shape index (κ2) is 6.95. The van der Waals surface area contributed by atoms with Gasteiger partial charge in [-0.15, -0.1) is 0 Å². The van der Waals surface area contributed by atoms with Crippen molar-refractivity contribution in [3.63, 3.8) is 0 Å². The second-order valence-corrected chi connectivity index (χ2v) is 4.63. The first-order valence-corrected chi connectivity index (χ1v) is 6.02. The minimum absolute atomic E-state index is 0. The fraction of sp³-hybridized carbons (Fsp3) is 0.222. The average Bonchev–Trinajstić information content (AvgIpc) is 2.15. The van der Waals surface area contributed by atoms with Crippen LogP contribution in [0.15, 0.2) is 23.1 Å². The molecule has 1 rings (SSSR count). The maximum Gasteiger partial charge on any atom is 1.00 e. The van der Waals surface area contributed by atoms with E-state index in [0.717, 1.165) is 6.07 Å². The molecule has 1 aromatic carbocycles. The molecule has 9 heteroatoms. The van der Waals surface area contributed by atoms with Gasteiger partial charge in [0.05, 0.1) is 17.0 Å². The Morgan fingerprint density at radius 1 is 1.44 bits per heavy atom. The number of nitrogen functional groups attached to an aromatic ring is 1. The number of hydrogen-bond donors (Lipinski definition) is 3. The van der Waals surface area contributed by atoms with Gasteiger partial charge in [0.2, 0.25) is 0 Å². The molecule has 0 fully saturated rings. The number of carboxylic acids is 1. The number of benzene rings is 1. The standard InChI is InChI=1S/C9H12N2O5S.Na/c10-6-1-2-8(17(14,15)16)7(5-6)11-4-3-9(12)13;/h1-2,5,11H,3-4,10H2,(H,12,13)(H,14,15,16);/q;+1/p-1. The Hall–Kier alpha value is -0.800. The van der Waals surface area contributed by atoms with E-state index in [1.165, 1.54) is 12.1 Å². The number of rotatable bonds is 5. The molecule has 0 heterocycles. The van der Waals surface area contributed by atoms with Crippen molar-refractivity contribution < 1.29 is 52.4 Å². The number of carboxylic acid groups (broad SMARTS) is 1. The monoisotopic (exact) mass is 282 g/mol. The number of nitrogens with one attached hydrogen (secondary N) is 1. The van der Waals surface area contributed by atoms with Crippen LogP contribution in [-0.4, -0.2) is 30.6 Å². The molecular weight excluding hydrogens is 271 g/mol. The van der Waals surface area contributed by atoms with Crippen molar-refractivity contribution >= 4 is 27.5 Å². The van der Waals surface area contributed by atoms with Gasteiger partial charge in [0, 0.05) is 12.2 Å². The summed E-state index contributed by atoms with van der Waals surface area (Å²) in [5, 5.41) is 11.0. The van der Waals surface area contributed by atoms with Crippen LogP contribution in [0, 0.1) is 0 Å². The van der Waals surface area contributed by atoms with Crippen LogP contribution in [-0.2, 0) is 14.9 Å². The van der Waals surface area contributed by atoms with E-state index in [0.29, 0.717) is 0 Å². The first kappa shape index (κ1) is 17.2. The van der Waals surface area contributed by atoms with Crippen molar-refractivity contribution in [3.8, 4) is 0 Å². The summed E-state index contributed by atoms with van der Waals surface area (Å²) in [7, 11) is -4.62. The van der Waals surface area contributed by atoms with Crippen LogP contribution in [0.2, 0.25) is 0 Å². The molecule has 0 atom stereocenters. The molecule has 18 heavy (non-hydrogen) atoms. The van der Waals surface area contributed by atoms with Crippen LogP contribution < -0.4 is 40.6 Å². The zero-order chi connectivity index (χ0) is 13.1. The summed E-state index contributed by atoms with van der Waals surface area (Å²) in [6.07, 6.45) is -0.201. The van der Waals surface area contributed by atoms with Crippen LogP contribution >= 0.6 is 0 Å². The van der Waals surface area contributed by atoms with Crippen molar-refractivity contribution in [1.82, 2.24) is 0 Å². The van der Waals surface area contributed by atoms with E-state index in [4.69, 9.17) is 10.8 Å². The van der Waals surface area contributed by atoms with Crippen molar-refractivity contribution in [2.45, 2.75) is 11.3 Å². The van der Waals surface area contributed by atoms with E-state index in [1.54, 1.807) is 0 Å². The zero-order valence-electron chi connectivity index (χ0n) is 9.71. The topological polar surface area (TPSA) is 133 Å². The molecule has 94 valence electrons. The summed E-state index contributed by atoms with van der Waals surface area (Å²) in [4.78, 5) is 9.85. The van der Waals surface area contributed by atoms with Gasteiger partial charge in [-0.05, 0) is 18.2 Å². The quantitative estimate of drug-likeness (QED) is 0.299. The Labute approximate surface area is 126 Å². The Balaban J connectivity index is 0.00000289. The molecule has 4 N–H and O–H groups in total. The van der Waals surface area contributed by atoms with Crippen molar-refractivity contribution in [3.05, 3.63) is 18.2 Å². The summed E-state index contributed by atoms with van der Waals surface area (Å²) >= 11 is 0. The Bertz CT molecular complexity index is 532. The summed E-state index contributed by atoms with van der Waals surface area (Å²) in [5.41, 5.74) is 5.74. The first-order valence-electron chi connectivity index (χ1n) is 4.62. The number of nitrogens with two attached hydrogens (primary N) is 1. The molecule has 0 radical (unpaired) electrons. The van der Waals surface area contributed by atoms with Gasteiger partial charge in [-0.25, -0.2) is 8.42 Å². The van der Waals surface area contributed by atoms with Gasteiger partial charge in [-0.1, -0.05) is 0 Å². The van der Waals surface area contributed by atoms with Gasteiger partial charge in [-0.3, -0.25) is 4.79 Å². The van der Waals surface area contributed by atoms with Gasteiger partial charge in [0.1, 0.15) is 10.1 Å². The van der Waals surface area contributed by atoms with Crippen LogP contribution in [0.5, 0.6) is 0 Å². The summed E-state index contributed by atoms with van der Waals surface area (Å²) in [6, 6.07) is 3.64. The maximum absolute atomic E-state index is 10.9. The third-order valence-electron chi connectivity index (χ3n) is 1.93. The van der Waals surface area contributed by atoms with Crippen LogP contribution in [0.25, 0.3) is 0 Å². The van der Waals surface area contributed by atoms with E-state index in [2.05, 4.69) is 5.32 Å². The molecule has 0 aliphatic carbocycles. The SMILES string of the molecule is Nc1ccc(S(=O)(=O)[O-])c(NCCC(=O)O)c1.[Na+]. The Kier molecular flexibility index (Phi) is 6.64. The molecule has 0 aliphatic rings. The largest absolute Gasteiger partial charge is 1.00 e. The first-order chi connectivity index (χ1) is 7.80. The molecule has 0 spiro atoms. The van der Waals surface area contributed by atoms with E-state index in [9.17, 15) is 17.8 Å². The molecular formula is C9H11N2NaO5S. The predicted octanol–water partition coefficient (Wildman–Crippen LogP) is -2.94. The number of carbonyl (C=O) groups is 1. The zero-order valence-corrected chi connectivity index (χ0v) is 12.5. The predicted molar refractivity (Wildman–Crippen MR) is 59.6 cm³/mol. The van der Waals surface area contributed by atoms with Crippen molar-refractivity contribution in [1.29, 1.82) is 0 Å². The smallest absolute Gasteiger partial charge is 0.744 e. The molecule has 0 bridgehead atoms. The third kappa shape index (κ3) is 5.23. The molecule has 0 aromatic heterocycles. The van der Waals surface area contributed by atoms with Crippen LogP contribution in [0.4, 0.5) is 11.4 Å². The molecule has 0 saturated heterocycles. The van der Waals surface area contributed by atoms with Crippen molar-refractivity contribution in [2.75, 3.05) is 17.6 Å². The number of anilines is 2. The normalized spacial score (nSPS) is 10.5. The molecule has 0 amide bonds. The van der Waals surface area contributed by atoms with E-state index in [-0.39, 0.29) is 53.9 Å². The second-order valence-electron chi connectivity index (χ2n) is 3.28. The number of hydrogen-bond acceptors (Lipinski definition) is 6. The molecule has 0 saturated carbocycles. The Morgan fingerprint density at radius 3 is 2.56 bits per heavy atom. The molecule has 1 aromatic rings. The van der Waals surface area contributed by atoms with Crippen LogP contribution in [0.1, 0.15) is 6.42 Å². The fourth-order valence-corrected chi connectivity index (χ4v) is 1.84. The minimum Gasteiger partial charge on any atom is -0.744 e.